The monoisotopic (exact) mass is 164 g/mol. The van der Waals surface area contributed by atoms with Gasteiger partial charge in [0, 0.05) is 12.3 Å². The van der Waals surface area contributed by atoms with Gasteiger partial charge < -0.3 is 10.1 Å². The maximum atomic E-state index is 5.72. The average Bonchev–Trinajstić information content (AvgIpc) is 2.02. The lowest BCUT2D eigenvalue weighted by Crippen LogP contribution is -2.39. The molecule has 1 aromatic rings. The number of ether oxygens (including phenoxy) is 1. The Morgan fingerprint density at radius 3 is 3.25 bits per heavy atom. The quantitative estimate of drug-likeness (QED) is 0.633. The van der Waals surface area contributed by atoms with Crippen molar-refractivity contribution < 1.29 is 4.74 Å². The second-order valence-electron chi connectivity index (χ2n) is 3.59. The van der Waals surface area contributed by atoms with Gasteiger partial charge in [0.05, 0.1) is 18.4 Å². The number of aromatic nitrogens is 1. The van der Waals surface area contributed by atoms with E-state index in [9.17, 15) is 0 Å². The van der Waals surface area contributed by atoms with Crippen LogP contribution in [0.5, 0.6) is 5.75 Å². The van der Waals surface area contributed by atoms with Gasteiger partial charge in [-0.05, 0) is 13.8 Å². The van der Waals surface area contributed by atoms with Crippen molar-refractivity contribution in [1.82, 2.24) is 4.98 Å². The van der Waals surface area contributed by atoms with Crippen LogP contribution in [0.4, 0.5) is 5.69 Å². The van der Waals surface area contributed by atoms with E-state index >= 15 is 0 Å². The molecule has 64 valence electrons. The molecule has 2 heterocycles. The number of anilines is 1. The predicted molar refractivity (Wildman–Crippen MR) is 47.4 cm³/mol. The number of fused-ring (bicyclic) bond motifs is 1. The molecule has 1 aliphatic rings. The van der Waals surface area contributed by atoms with Crippen LogP contribution in [0.2, 0.25) is 0 Å². The van der Waals surface area contributed by atoms with Crippen molar-refractivity contribution in [3.8, 4) is 5.75 Å². The fourth-order valence-electron chi connectivity index (χ4n) is 1.25. The molecule has 0 bridgehead atoms. The van der Waals surface area contributed by atoms with Gasteiger partial charge in [0.15, 0.2) is 0 Å². The Balaban J connectivity index is 2.35. The summed E-state index contributed by atoms with van der Waals surface area (Å²) >= 11 is 0. The van der Waals surface area contributed by atoms with E-state index in [1.165, 1.54) is 0 Å². The van der Waals surface area contributed by atoms with Crippen LogP contribution in [0.3, 0.4) is 0 Å². The minimum atomic E-state index is -0.117. The third-order valence-corrected chi connectivity index (χ3v) is 1.87. The number of pyridine rings is 1. The first-order chi connectivity index (χ1) is 5.67. The zero-order chi connectivity index (χ0) is 8.60. The van der Waals surface area contributed by atoms with Gasteiger partial charge in [0.2, 0.25) is 0 Å². The molecule has 2 rings (SSSR count). The standard InChI is InChI=1S/C9H12N2O/c1-9(2)6-11-7-5-10-4-3-8(7)12-9/h3-5,11H,6H2,1-2H3. The SMILES string of the molecule is CC1(C)CNc2cnccc2O1. The highest BCUT2D eigenvalue weighted by Crippen LogP contribution is 2.30. The molecule has 0 amide bonds. The second kappa shape index (κ2) is 2.37. The molecule has 0 aromatic carbocycles. The van der Waals surface area contributed by atoms with Crippen LogP contribution in [0.15, 0.2) is 18.5 Å². The maximum Gasteiger partial charge on any atom is 0.146 e. The average molecular weight is 164 g/mol. The molecular formula is C9H12N2O. The van der Waals surface area contributed by atoms with Crippen molar-refractivity contribution in [2.75, 3.05) is 11.9 Å². The first-order valence-corrected chi connectivity index (χ1v) is 4.04. The zero-order valence-corrected chi connectivity index (χ0v) is 7.29. The highest BCUT2D eigenvalue weighted by Gasteiger charge is 2.25. The first kappa shape index (κ1) is 7.40. The molecule has 0 radical (unpaired) electrons. The molecule has 0 unspecified atom stereocenters. The molecule has 1 aliphatic heterocycles. The summed E-state index contributed by atoms with van der Waals surface area (Å²) < 4.78 is 5.72. The number of hydrogen-bond acceptors (Lipinski definition) is 3. The first-order valence-electron chi connectivity index (χ1n) is 4.04. The summed E-state index contributed by atoms with van der Waals surface area (Å²) in [5, 5.41) is 3.27. The lowest BCUT2D eigenvalue weighted by Gasteiger charge is -2.32. The lowest BCUT2D eigenvalue weighted by atomic mass is 10.1. The summed E-state index contributed by atoms with van der Waals surface area (Å²) in [6, 6.07) is 1.88. The number of hydrogen-bond donors (Lipinski definition) is 1. The number of nitrogens with zero attached hydrogens (tertiary/aromatic N) is 1. The minimum absolute atomic E-state index is 0.117. The normalized spacial score (nSPS) is 18.8. The Morgan fingerprint density at radius 2 is 2.42 bits per heavy atom. The van der Waals surface area contributed by atoms with E-state index in [-0.39, 0.29) is 5.60 Å². The van der Waals surface area contributed by atoms with E-state index < -0.39 is 0 Å². The largest absolute Gasteiger partial charge is 0.484 e. The Hall–Kier alpha value is -1.25. The van der Waals surface area contributed by atoms with Gasteiger partial charge in [0.1, 0.15) is 11.4 Å². The predicted octanol–water partition coefficient (Wildman–Crippen LogP) is 1.66. The van der Waals surface area contributed by atoms with E-state index in [1.807, 2.05) is 6.07 Å². The molecule has 3 heteroatoms. The maximum absolute atomic E-state index is 5.72. The van der Waals surface area contributed by atoms with Gasteiger partial charge in [-0.2, -0.15) is 0 Å². The van der Waals surface area contributed by atoms with Crippen molar-refractivity contribution in [3.05, 3.63) is 18.5 Å². The van der Waals surface area contributed by atoms with Crippen LogP contribution < -0.4 is 10.1 Å². The van der Waals surface area contributed by atoms with Crippen LogP contribution >= 0.6 is 0 Å². The van der Waals surface area contributed by atoms with Crippen LogP contribution in [-0.2, 0) is 0 Å². The van der Waals surface area contributed by atoms with Crippen molar-refractivity contribution >= 4 is 5.69 Å². The molecule has 1 aromatic heterocycles. The van der Waals surface area contributed by atoms with Crippen LogP contribution in [-0.4, -0.2) is 17.1 Å². The van der Waals surface area contributed by atoms with E-state index in [0.29, 0.717) is 0 Å². The van der Waals surface area contributed by atoms with E-state index in [2.05, 4.69) is 24.1 Å². The Morgan fingerprint density at radius 1 is 1.58 bits per heavy atom. The van der Waals surface area contributed by atoms with Gasteiger partial charge in [-0.25, -0.2) is 0 Å². The topological polar surface area (TPSA) is 34.2 Å². The Kier molecular flexibility index (Phi) is 1.46. The van der Waals surface area contributed by atoms with E-state index in [1.54, 1.807) is 12.4 Å². The summed E-state index contributed by atoms with van der Waals surface area (Å²) in [7, 11) is 0. The van der Waals surface area contributed by atoms with E-state index in [0.717, 1.165) is 18.0 Å². The molecule has 0 saturated carbocycles. The third kappa shape index (κ3) is 1.22. The summed E-state index contributed by atoms with van der Waals surface area (Å²) in [5.41, 5.74) is 0.866. The molecule has 12 heavy (non-hydrogen) atoms. The van der Waals surface area contributed by atoms with Crippen molar-refractivity contribution in [1.29, 1.82) is 0 Å². The van der Waals surface area contributed by atoms with Gasteiger partial charge in [-0.1, -0.05) is 0 Å². The number of nitrogens with one attached hydrogen (secondary N) is 1. The smallest absolute Gasteiger partial charge is 0.146 e. The van der Waals surface area contributed by atoms with E-state index in [4.69, 9.17) is 4.74 Å². The summed E-state index contributed by atoms with van der Waals surface area (Å²) in [5.74, 6) is 0.890. The third-order valence-electron chi connectivity index (χ3n) is 1.87. The summed E-state index contributed by atoms with van der Waals surface area (Å²) in [4.78, 5) is 4.00. The highest BCUT2D eigenvalue weighted by molar-refractivity contribution is 5.56. The van der Waals surface area contributed by atoms with Gasteiger partial charge in [0.25, 0.3) is 0 Å². The molecule has 0 atom stereocenters. The van der Waals surface area contributed by atoms with Crippen molar-refractivity contribution in [2.45, 2.75) is 19.4 Å². The fraction of sp³-hybridized carbons (Fsp3) is 0.444. The molecule has 1 N–H and O–H groups in total. The zero-order valence-electron chi connectivity index (χ0n) is 7.29. The summed E-state index contributed by atoms with van der Waals surface area (Å²) in [6.45, 7) is 4.94. The molecule has 0 saturated heterocycles. The molecule has 3 nitrogen and oxygen atoms in total. The number of rotatable bonds is 0. The molecular weight excluding hydrogens is 152 g/mol. The summed E-state index contributed by atoms with van der Waals surface area (Å²) in [6.07, 6.45) is 3.52. The van der Waals surface area contributed by atoms with Crippen LogP contribution in [0, 0.1) is 0 Å². The lowest BCUT2D eigenvalue weighted by molar-refractivity contribution is 0.116. The van der Waals surface area contributed by atoms with Crippen molar-refractivity contribution in [2.24, 2.45) is 0 Å². The van der Waals surface area contributed by atoms with Crippen LogP contribution in [0.25, 0.3) is 0 Å². The van der Waals surface area contributed by atoms with Gasteiger partial charge >= 0.3 is 0 Å². The van der Waals surface area contributed by atoms with Crippen molar-refractivity contribution in [3.63, 3.8) is 0 Å². The fourth-order valence-corrected chi connectivity index (χ4v) is 1.25. The molecule has 0 fully saturated rings. The van der Waals surface area contributed by atoms with Gasteiger partial charge in [-0.15, -0.1) is 0 Å². The Labute approximate surface area is 71.8 Å². The molecule has 0 spiro atoms. The Bertz CT molecular complexity index is 296. The molecule has 0 aliphatic carbocycles. The van der Waals surface area contributed by atoms with Gasteiger partial charge in [-0.3, -0.25) is 4.98 Å². The highest BCUT2D eigenvalue weighted by atomic mass is 16.5. The second-order valence-corrected chi connectivity index (χ2v) is 3.59. The minimum Gasteiger partial charge on any atom is -0.484 e. The van der Waals surface area contributed by atoms with Crippen LogP contribution in [0.1, 0.15) is 13.8 Å².